The lowest BCUT2D eigenvalue weighted by Gasteiger charge is -2.63. The summed E-state index contributed by atoms with van der Waals surface area (Å²) < 4.78 is 39.2. The van der Waals surface area contributed by atoms with Crippen LogP contribution < -0.4 is 35.1 Å². The Morgan fingerprint density at radius 2 is 1.68 bits per heavy atom. The van der Waals surface area contributed by atoms with Gasteiger partial charge in [-0.05, 0) is 68.8 Å². The molecule has 2 saturated heterocycles. The van der Waals surface area contributed by atoms with Gasteiger partial charge in [0, 0.05) is 91.2 Å². The van der Waals surface area contributed by atoms with Gasteiger partial charge in [0.15, 0.2) is 0 Å². The SMILES string of the molecule is COc1cc(OC2C(C)(C)C(NC(=O)c3ccc(N4CCO[C@H](CN(C(C)C)C5CC(Oc6ccc(C(=O)N[C@H]7CCC(=O)NC7=O)c(F)c6)C5)C4)cc3)C2(C)C)ccc1C#N. The molecule has 0 radical (unpaired) electrons. The number of methoxy groups -OCH3 is 1. The van der Waals surface area contributed by atoms with Crippen LogP contribution >= 0.6 is 0 Å². The predicted molar refractivity (Wildman–Crippen MR) is 229 cm³/mol. The van der Waals surface area contributed by atoms with Crippen LogP contribution in [0.2, 0.25) is 0 Å². The fourth-order valence-corrected chi connectivity index (χ4v) is 9.81. The van der Waals surface area contributed by atoms with Gasteiger partial charge in [-0.15, -0.1) is 0 Å². The first kappa shape index (κ1) is 44.3. The van der Waals surface area contributed by atoms with Crippen molar-refractivity contribution in [2.45, 2.75) is 110 Å². The van der Waals surface area contributed by atoms with Gasteiger partial charge in [-0.1, -0.05) is 27.7 Å². The van der Waals surface area contributed by atoms with Gasteiger partial charge in [-0.25, -0.2) is 4.39 Å². The number of benzene rings is 3. The molecule has 2 saturated carbocycles. The molecule has 14 nitrogen and oxygen atoms in total. The summed E-state index contributed by atoms with van der Waals surface area (Å²) in [6.45, 7) is 15.4. The van der Waals surface area contributed by atoms with Gasteiger partial charge >= 0.3 is 0 Å². The number of imide groups is 1. The number of nitrogens with one attached hydrogen (secondary N) is 3. The minimum Gasteiger partial charge on any atom is -0.495 e. The zero-order chi connectivity index (χ0) is 44.5. The van der Waals surface area contributed by atoms with Gasteiger partial charge in [-0.3, -0.25) is 29.4 Å². The van der Waals surface area contributed by atoms with Crippen LogP contribution in [-0.2, 0) is 14.3 Å². The van der Waals surface area contributed by atoms with Crippen molar-refractivity contribution in [1.29, 1.82) is 5.26 Å². The number of hydrogen-bond donors (Lipinski definition) is 3. The maximum Gasteiger partial charge on any atom is 0.254 e. The molecule has 62 heavy (non-hydrogen) atoms. The second-order valence-corrected chi connectivity index (χ2v) is 18.3. The lowest BCUT2D eigenvalue weighted by molar-refractivity contribution is -0.164. The highest BCUT2D eigenvalue weighted by Gasteiger charge is 2.64. The third-order valence-electron chi connectivity index (χ3n) is 12.9. The van der Waals surface area contributed by atoms with Crippen molar-refractivity contribution in [3.05, 3.63) is 83.2 Å². The highest BCUT2D eigenvalue weighted by molar-refractivity contribution is 6.03. The first-order chi connectivity index (χ1) is 29.5. The Balaban J connectivity index is 0.885. The number of halogens is 1. The summed E-state index contributed by atoms with van der Waals surface area (Å²) in [4.78, 5) is 54.5. The molecule has 7 rings (SSSR count). The van der Waals surface area contributed by atoms with Crippen LogP contribution in [0.4, 0.5) is 10.1 Å². The molecule has 15 heteroatoms. The monoisotopic (exact) mass is 852 g/mol. The van der Waals surface area contributed by atoms with Crippen molar-refractivity contribution >= 4 is 29.3 Å². The normalized spacial score (nSPS) is 25.1. The summed E-state index contributed by atoms with van der Waals surface area (Å²) in [6.07, 6.45) is 1.43. The summed E-state index contributed by atoms with van der Waals surface area (Å²) in [5.41, 5.74) is 1.07. The molecule has 3 N–H and O–H groups in total. The molecule has 2 heterocycles. The highest BCUT2D eigenvalue weighted by atomic mass is 19.1. The summed E-state index contributed by atoms with van der Waals surface area (Å²) in [5.74, 6) is -1.24. The Bertz CT molecular complexity index is 2200. The van der Waals surface area contributed by atoms with Crippen LogP contribution in [0, 0.1) is 28.0 Å². The van der Waals surface area contributed by atoms with E-state index < -0.39 is 29.6 Å². The number of hydrogen-bond acceptors (Lipinski definition) is 11. The third-order valence-corrected chi connectivity index (χ3v) is 12.9. The number of piperidine rings is 1. The Morgan fingerprint density at radius 1 is 0.984 bits per heavy atom. The van der Waals surface area contributed by atoms with Crippen molar-refractivity contribution in [2.24, 2.45) is 10.8 Å². The standard InChI is InChI=1S/C47H57FN6O8/c1-27(2)54(31-20-34(21-31)61-32-14-15-36(37(48)22-32)42(57)50-38-16-17-40(55)51-43(38)58)26-35-25-53(18-19-60-35)30-11-8-28(9-12-30)41(56)52-44-46(3,4)45(47(44,5)6)62-33-13-10-29(24-49)39(23-33)59-7/h8-15,22-23,27,31,34-35,38,44-45H,16-21,25-26H2,1-7H3,(H,50,57)(H,52,56)(H,51,55,58)/t31?,34?,35-,38-,44?,45?/m0/s1. The Hall–Kier alpha value is -5.72. The molecule has 4 fully saturated rings. The van der Waals surface area contributed by atoms with Crippen molar-refractivity contribution < 1.29 is 42.5 Å². The van der Waals surface area contributed by atoms with Crippen LogP contribution in [0.1, 0.15) is 93.5 Å². The van der Waals surface area contributed by atoms with Gasteiger partial charge in [0.25, 0.3) is 11.8 Å². The quantitative estimate of drug-likeness (QED) is 0.178. The van der Waals surface area contributed by atoms with E-state index in [9.17, 15) is 24.4 Å². The first-order valence-corrected chi connectivity index (χ1v) is 21.4. The molecule has 3 aromatic carbocycles. The van der Waals surface area contributed by atoms with E-state index in [1.807, 2.05) is 24.3 Å². The fraction of sp³-hybridized carbons (Fsp3) is 0.511. The number of morpholine rings is 1. The van der Waals surface area contributed by atoms with Crippen LogP contribution in [0.3, 0.4) is 0 Å². The topological polar surface area (TPSA) is 172 Å². The average Bonchev–Trinajstić information content (AvgIpc) is 3.23. The average molecular weight is 853 g/mol. The predicted octanol–water partition coefficient (Wildman–Crippen LogP) is 5.38. The number of nitriles is 1. The van der Waals surface area contributed by atoms with E-state index in [1.54, 1.807) is 24.3 Å². The maximum atomic E-state index is 15.0. The molecule has 2 atom stereocenters. The summed E-state index contributed by atoms with van der Waals surface area (Å²) >= 11 is 0. The maximum absolute atomic E-state index is 15.0. The van der Waals surface area contributed by atoms with Crippen LogP contribution in [0.15, 0.2) is 60.7 Å². The number of anilines is 1. The largest absolute Gasteiger partial charge is 0.495 e. The van der Waals surface area contributed by atoms with Crippen molar-refractivity contribution in [1.82, 2.24) is 20.9 Å². The van der Waals surface area contributed by atoms with E-state index in [1.165, 1.54) is 19.2 Å². The van der Waals surface area contributed by atoms with E-state index in [-0.39, 0.29) is 71.6 Å². The molecule has 0 aromatic heterocycles. The zero-order valence-electron chi connectivity index (χ0n) is 36.5. The van der Waals surface area contributed by atoms with Crippen molar-refractivity contribution in [2.75, 3.05) is 38.3 Å². The van der Waals surface area contributed by atoms with E-state index in [2.05, 4.69) is 73.4 Å². The van der Waals surface area contributed by atoms with Gasteiger partial charge in [0.1, 0.15) is 47.4 Å². The molecule has 2 aliphatic carbocycles. The number of rotatable bonds is 14. The molecule has 330 valence electrons. The second kappa shape index (κ2) is 17.9. The Labute approximate surface area is 362 Å². The number of carbonyl (C=O) groups excluding carboxylic acids is 4. The molecule has 4 aliphatic rings. The van der Waals surface area contributed by atoms with Gasteiger partial charge in [0.2, 0.25) is 11.8 Å². The Morgan fingerprint density at radius 3 is 2.32 bits per heavy atom. The summed E-state index contributed by atoms with van der Waals surface area (Å²) in [7, 11) is 1.52. The fourth-order valence-electron chi connectivity index (χ4n) is 9.81. The highest BCUT2D eigenvalue weighted by Crippen LogP contribution is 2.55. The molecule has 4 amide bonds. The van der Waals surface area contributed by atoms with Crippen LogP contribution in [0.25, 0.3) is 0 Å². The summed E-state index contributed by atoms with van der Waals surface area (Å²) in [6, 6.07) is 18.6. The van der Waals surface area contributed by atoms with Gasteiger partial charge in [-0.2, -0.15) is 5.26 Å². The number of nitrogens with zero attached hydrogens (tertiary/aromatic N) is 3. The minimum atomic E-state index is -0.898. The molecule has 3 aromatic rings. The van der Waals surface area contributed by atoms with E-state index >= 15 is 4.39 Å². The molecular formula is C47H57FN6O8. The van der Waals surface area contributed by atoms with Crippen LogP contribution in [0.5, 0.6) is 17.2 Å². The molecule has 0 spiro atoms. The lowest BCUT2D eigenvalue weighted by Crippen LogP contribution is -2.74. The zero-order valence-corrected chi connectivity index (χ0v) is 36.5. The molecule has 0 unspecified atom stereocenters. The lowest BCUT2D eigenvalue weighted by atomic mass is 9.49. The van der Waals surface area contributed by atoms with Crippen LogP contribution in [-0.4, -0.2) is 104 Å². The molecular weight excluding hydrogens is 796 g/mol. The third kappa shape index (κ3) is 9.22. The van der Waals surface area contributed by atoms with E-state index in [0.717, 1.165) is 31.6 Å². The molecule has 0 bridgehead atoms. The number of ether oxygens (including phenoxy) is 4. The minimum absolute atomic E-state index is 0.0364. The van der Waals surface area contributed by atoms with Gasteiger partial charge < -0.3 is 34.5 Å². The summed E-state index contributed by atoms with van der Waals surface area (Å²) in [5, 5.41) is 17.3. The van der Waals surface area contributed by atoms with Crippen molar-refractivity contribution in [3.63, 3.8) is 0 Å². The van der Waals surface area contributed by atoms with Gasteiger partial charge in [0.05, 0.1) is 30.9 Å². The smallest absolute Gasteiger partial charge is 0.254 e. The number of carbonyl (C=O) groups is 4. The number of amides is 4. The Kier molecular flexibility index (Phi) is 12.8. The molecule has 2 aliphatic heterocycles. The first-order valence-electron chi connectivity index (χ1n) is 21.4. The van der Waals surface area contributed by atoms with Crippen molar-refractivity contribution in [3.8, 4) is 23.3 Å². The van der Waals surface area contributed by atoms with E-state index in [4.69, 9.17) is 18.9 Å². The van der Waals surface area contributed by atoms with E-state index in [0.29, 0.717) is 41.5 Å². The second-order valence-electron chi connectivity index (χ2n) is 18.3.